The first-order chi connectivity index (χ1) is 29.5. The Balaban J connectivity index is 4.64. The van der Waals surface area contributed by atoms with Gasteiger partial charge in [-0.15, -0.1) is 0 Å². The number of allylic oxidation sites excluding steroid dienone is 18. The number of ketones is 1. The minimum absolute atomic E-state index is 0.0367. The van der Waals surface area contributed by atoms with Crippen LogP contribution in [0.3, 0.4) is 0 Å². The molecule has 0 saturated heterocycles. The van der Waals surface area contributed by atoms with Crippen molar-refractivity contribution in [2.24, 2.45) is 5.73 Å². The highest BCUT2D eigenvalue weighted by molar-refractivity contribution is 7.47. The molecule has 1 unspecified atom stereocenters. The molecule has 3 atom stereocenters. The second kappa shape index (κ2) is 41.2. The van der Waals surface area contributed by atoms with Gasteiger partial charge in [-0.2, -0.15) is 0 Å². The monoisotopic (exact) mass is 871 g/mol. The van der Waals surface area contributed by atoms with Crippen LogP contribution < -0.4 is 5.73 Å². The van der Waals surface area contributed by atoms with Crippen LogP contribution in [0.4, 0.5) is 0 Å². The summed E-state index contributed by atoms with van der Waals surface area (Å²) >= 11 is 0. The lowest BCUT2D eigenvalue weighted by Gasteiger charge is -2.20. The molecular weight excluding hydrogens is 797 g/mol. The van der Waals surface area contributed by atoms with Crippen molar-refractivity contribution >= 4 is 31.5 Å². The number of ether oxygens (including phenoxy) is 2. The quantitative estimate of drug-likeness (QED) is 0.0133. The van der Waals surface area contributed by atoms with E-state index in [2.05, 4.69) is 60.9 Å². The van der Waals surface area contributed by atoms with Gasteiger partial charge in [0.25, 0.3) is 0 Å². The van der Waals surface area contributed by atoms with Crippen molar-refractivity contribution in [1.82, 2.24) is 0 Å². The van der Waals surface area contributed by atoms with Gasteiger partial charge in [0.2, 0.25) is 0 Å². The molecule has 61 heavy (non-hydrogen) atoms. The van der Waals surface area contributed by atoms with Crippen molar-refractivity contribution in [1.29, 1.82) is 0 Å². The van der Waals surface area contributed by atoms with Crippen molar-refractivity contribution in [3.63, 3.8) is 0 Å². The first-order valence-corrected chi connectivity index (χ1v) is 23.4. The van der Waals surface area contributed by atoms with E-state index >= 15 is 0 Å². The number of hydrogen-bond acceptors (Lipinski definition) is 10. The molecule has 0 aromatic heterocycles. The summed E-state index contributed by atoms with van der Waals surface area (Å²) in [6.45, 7) is 2.44. The Morgan fingerprint density at radius 2 is 1.05 bits per heavy atom. The lowest BCUT2D eigenvalue weighted by atomic mass is 10.1. The topological polar surface area (TPSA) is 189 Å². The van der Waals surface area contributed by atoms with Gasteiger partial charge in [0.1, 0.15) is 12.6 Å². The summed E-state index contributed by atoms with van der Waals surface area (Å²) in [5.41, 5.74) is 5.32. The molecule has 0 aliphatic heterocycles. The molecule has 12 nitrogen and oxygen atoms in total. The maximum atomic E-state index is 12.6. The minimum atomic E-state index is -4.77. The van der Waals surface area contributed by atoms with Crippen molar-refractivity contribution < 1.29 is 52.3 Å². The van der Waals surface area contributed by atoms with E-state index in [1.165, 1.54) is 19.3 Å². The van der Waals surface area contributed by atoms with Crippen molar-refractivity contribution in [3.05, 3.63) is 109 Å². The van der Waals surface area contributed by atoms with Crippen LogP contribution >= 0.6 is 7.82 Å². The molecule has 0 bridgehead atoms. The zero-order chi connectivity index (χ0) is 45.1. The van der Waals surface area contributed by atoms with Gasteiger partial charge in [0, 0.05) is 19.3 Å². The Labute approximate surface area is 365 Å². The van der Waals surface area contributed by atoms with Crippen molar-refractivity contribution in [2.75, 3.05) is 19.8 Å². The van der Waals surface area contributed by atoms with Crippen LogP contribution in [0.15, 0.2) is 109 Å². The van der Waals surface area contributed by atoms with Crippen LogP contribution in [0.25, 0.3) is 0 Å². The van der Waals surface area contributed by atoms with Gasteiger partial charge in [0.05, 0.1) is 13.2 Å². The average Bonchev–Trinajstić information content (AvgIpc) is 3.23. The summed E-state index contributed by atoms with van der Waals surface area (Å²) in [7, 11) is -4.77. The van der Waals surface area contributed by atoms with Gasteiger partial charge < -0.3 is 25.2 Å². The fourth-order valence-electron chi connectivity index (χ4n) is 4.99. The van der Waals surface area contributed by atoms with Gasteiger partial charge in [0.15, 0.2) is 11.9 Å². The van der Waals surface area contributed by atoms with Crippen LogP contribution in [0, 0.1) is 0 Å². The number of phosphoric ester groups is 1. The second-order valence-corrected chi connectivity index (χ2v) is 15.6. The SMILES string of the molecule is CCCCC/C=C\C/C=C\C/C=C\C/C=C\C/C=C\CCC(=O)OC[C@H](COP(=O)(O)OC[C@H](N)C(=O)O)OC(=O)CCC/C=C\C/C=C\C/C=C\C=C\C(=O)CCCCC. The van der Waals surface area contributed by atoms with Crippen molar-refractivity contribution in [3.8, 4) is 0 Å². The molecule has 0 rings (SSSR count). The summed E-state index contributed by atoms with van der Waals surface area (Å²) < 4.78 is 32.5. The Hall–Kier alpha value is -4.19. The third-order valence-corrected chi connectivity index (χ3v) is 9.43. The highest BCUT2D eigenvalue weighted by Crippen LogP contribution is 2.43. The highest BCUT2D eigenvalue weighted by Gasteiger charge is 2.28. The molecule has 0 spiro atoms. The number of carboxylic acids is 1. The van der Waals surface area contributed by atoms with Crippen LogP contribution in [0.5, 0.6) is 0 Å². The minimum Gasteiger partial charge on any atom is -0.480 e. The number of carbonyl (C=O) groups is 4. The molecule has 0 fully saturated rings. The smallest absolute Gasteiger partial charge is 0.472 e. The highest BCUT2D eigenvalue weighted by atomic mass is 31.2. The number of aliphatic carboxylic acids is 1. The molecular formula is C48H74NO11P. The number of nitrogens with two attached hydrogens (primary N) is 1. The lowest BCUT2D eigenvalue weighted by molar-refractivity contribution is -0.161. The van der Waals surface area contributed by atoms with Gasteiger partial charge in [-0.05, 0) is 83.1 Å². The predicted octanol–water partition coefficient (Wildman–Crippen LogP) is 11.0. The first kappa shape index (κ1) is 56.8. The number of carbonyl (C=O) groups excluding carboxylic acids is 3. The zero-order valence-electron chi connectivity index (χ0n) is 36.7. The number of esters is 2. The fraction of sp³-hybridized carbons (Fsp3) is 0.542. The van der Waals surface area contributed by atoms with E-state index in [9.17, 15) is 28.6 Å². The molecule has 13 heteroatoms. The number of hydrogen-bond donors (Lipinski definition) is 3. The van der Waals surface area contributed by atoms with Gasteiger partial charge in [-0.3, -0.25) is 28.2 Å². The summed E-state index contributed by atoms with van der Waals surface area (Å²) in [6.07, 6.45) is 50.2. The molecule has 0 aliphatic carbocycles. The zero-order valence-corrected chi connectivity index (χ0v) is 37.6. The number of unbranched alkanes of at least 4 members (excludes halogenated alkanes) is 6. The van der Waals surface area contributed by atoms with Gasteiger partial charge >= 0.3 is 25.7 Å². The second-order valence-electron chi connectivity index (χ2n) is 14.2. The fourth-order valence-corrected chi connectivity index (χ4v) is 5.77. The predicted molar refractivity (Wildman–Crippen MR) is 245 cm³/mol. The first-order valence-electron chi connectivity index (χ1n) is 21.9. The lowest BCUT2D eigenvalue weighted by Crippen LogP contribution is -2.34. The Morgan fingerprint density at radius 1 is 0.557 bits per heavy atom. The van der Waals surface area contributed by atoms with Gasteiger partial charge in [-0.1, -0.05) is 143 Å². The van der Waals surface area contributed by atoms with E-state index in [-0.39, 0.29) is 18.6 Å². The van der Waals surface area contributed by atoms with Crippen LogP contribution in [-0.2, 0) is 42.3 Å². The van der Waals surface area contributed by atoms with Crippen LogP contribution in [-0.4, -0.2) is 65.7 Å². The standard InChI is InChI=1S/C48H74NO11P/c1-3-5-7-8-9-10-11-12-13-14-15-16-17-18-21-24-27-30-34-38-46(51)57-40-44(41-58-61(55,56)59-42-45(49)48(53)54)60-47(52)39-35-31-28-25-22-19-20-23-26-29-33-37-43(50)36-32-6-4-2/h9-10,12-13,15-16,18-21,25-30,33,37,44-45H,3-8,11,14,17,22-24,31-32,34-36,38-42,49H2,1-2H3,(H,53,54)(H,55,56)/b10-9-,13-12-,16-15-,20-19-,21-18-,28-25-,29-26-,30-27-,37-33+/t44-,45+/m1/s1. The summed E-state index contributed by atoms with van der Waals surface area (Å²) in [6, 6.07) is -1.56. The molecule has 0 radical (unpaired) electrons. The summed E-state index contributed by atoms with van der Waals surface area (Å²) in [5.74, 6) is -2.47. The van der Waals surface area contributed by atoms with E-state index < -0.39 is 57.7 Å². The Kier molecular flexibility index (Phi) is 38.3. The van der Waals surface area contributed by atoms with E-state index in [0.29, 0.717) is 25.7 Å². The van der Waals surface area contributed by atoms with E-state index in [1.807, 2.05) is 54.7 Å². The Bertz CT molecular complexity index is 1510. The summed E-state index contributed by atoms with van der Waals surface area (Å²) in [5, 5.41) is 8.89. The van der Waals surface area contributed by atoms with E-state index in [0.717, 1.165) is 64.2 Å². The largest absolute Gasteiger partial charge is 0.480 e. The number of rotatable bonds is 39. The molecule has 0 aromatic carbocycles. The molecule has 0 saturated carbocycles. The van der Waals surface area contributed by atoms with Crippen LogP contribution in [0.2, 0.25) is 0 Å². The average molecular weight is 872 g/mol. The molecule has 0 heterocycles. The number of carboxylic acid groups (broad SMARTS) is 1. The Morgan fingerprint density at radius 3 is 1.61 bits per heavy atom. The van der Waals surface area contributed by atoms with Crippen molar-refractivity contribution in [2.45, 2.75) is 148 Å². The maximum Gasteiger partial charge on any atom is 0.472 e. The number of phosphoric acid groups is 1. The molecule has 0 aliphatic rings. The van der Waals surface area contributed by atoms with E-state index in [4.69, 9.17) is 24.8 Å². The third-order valence-electron chi connectivity index (χ3n) is 8.48. The van der Waals surface area contributed by atoms with Crippen LogP contribution in [0.1, 0.15) is 136 Å². The molecule has 342 valence electrons. The maximum absolute atomic E-state index is 12.6. The van der Waals surface area contributed by atoms with E-state index in [1.54, 1.807) is 12.2 Å². The summed E-state index contributed by atoms with van der Waals surface area (Å²) in [4.78, 5) is 57.6. The van der Waals surface area contributed by atoms with Gasteiger partial charge in [-0.25, -0.2) is 4.57 Å². The molecule has 4 N–H and O–H groups in total. The molecule has 0 aromatic rings. The third kappa shape index (κ3) is 41.0. The normalized spacial score (nSPS) is 14.6. The molecule has 0 amide bonds.